The number of benzene rings is 2. The largest absolute Gasteiger partial charge is 0.496 e. The van der Waals surface area contributed by atoms with Crippen molar-refractivity contribution in [1.82, 2.24) is 4.90 Å². The second kappa shape index (κ2) is 9.94. The summed E-state index contributed by atoms with van der Waals surface area (Å²) >= 11 is 6.01. The molecule has 0 saturated heterocycles. The van der Waals surface area contributed by atoms with Crippen LogP contribution in [-0.2, 0) is 11.3 Å². The molecule has 0 fully saturated rings. The molecule has 0 radical (unpaired) electrons. The number of nitrogens with zero attached hydrogens (tertiary/aromatic N) is 1. The summed E-state index contributed by atoms with van der Waals surface area (Å²) in [6.45, 7) is -2.65. The minimum Gasteiger partial charge on any atom is -0.496 e. The number of alkyl halides is 2. The lowest BCUT2D eigenvalue weighted by molar-refractivity contribution is -0.125. The van der Waals surface area contributed by atoms with Crippen LogP contribution < -0.4 is 14.2 Å². The highest BCUT2D eigenvalue weighted by molar-refractivity contribution is 6.30. The maximum absolute atomic E-state index is 12.4. The van der Waals surface area contributed by atoms with Crippen molar-refractivity contribution in [2.24, 2.45) is 0 Å². The quantitative estimate of drug-likeness (QED) is 0.594. The number of hydrogen-bond donors (Lipinski definition) is 0. The monoisotopic (exact) mass is 411 g/mol. The lowest BCUT2D eigenvalue weighted by atomic mass is 10.1. The number of ether oxygens (including phenoxy) is 3. The number of amides is 1. The molecule has 2 aromatic rings. The van der Waals surface area contributed by atoms with Crippen LogP contribution in [0.5, 0.6) is 17.2 Å². The molecule has 0 spiro atoms. The van der Waals surface area contributed by atoms with Crippen LogP contribution in [0, 0.1) is 0 Å². The second-order valence-corrected chi connectivity index (χ2v) is 6.21. The van der Waals surface area contributed by atoms with Crippen molar-refractivity contribution in [2.75, 3.05) is 21.3 Å². The third kappa shape index (κ3) is 5.85. The van der Waals surface area contributed by atoms with E-state index in [0.717, 1.165) is 5.56 Å². The summed E-state index contributed by atoms with van der Waals surface area (Å²) in [5, 5.41) is 0.547. The molecule has 2 rings (SSSR count). The third-order valence-corrected chi connectivity index (χ3v) is 4.08. The van der Waals surface area contributed by atoms with Crippen LogP contribution in [0.1, 0.15) is 11.1 Å². The maximum Gasteiger partial charge on any atom is 0.387 e. The van der Waals surface area contributed by atoms with Crippen molar-refractivity contribution in [2.45, 2.75) is 13.2 Å². The highest BCUT2D eigenvalue weighted by Gasteiger charge is 2.12. The summed E-state index contributed by atoms with van der Waals surface area (Å²) in [7, 11) is 4.54. The van der Waals surface area contributed by atoms with Gasteiger partial charge in [0.1, 0.15) is 5.75 Å². The first-order valence-electron chi connectivity index (χ1n) is 8.22. The molecule has 0 atom stereocenters. The van der Waals surface area contributed by atoms with Gasteiger partial charge in [0, 0.05) is 30.3 Å². The Balaban J connectivity index is 2.09. The topological polar surface area (TPSA) is 48.0 Å². The van der Waals surface area contributed by atoms with E-state index < -0.39 is 6.61 Å². The molecule has 0 aliphatic rings. The van der Waals surface area contributed by atoms with Crippen molar-refractivity contribution in [1.29, 1.82) is 0 Å². The minimum absolute atomic E-state index is 0.0776. The molecule has 0 bridgehead atoms. The Morgan fingerprint density at radius 3 is 2.43 bits per heavy atom. The van der Waals surface area contributed by atoms with Crippen LogP contribution >= 0.6 is 11.6 Å². The summed E-state index contributed by atoms with van der Waals surface area (Å²) in [6, 6.07) is 9.59. The number of carbonyl (C=O) groups is 1. The van der Waals surface area contributed by atoms with E-state index in [-0.39, 0.29) is 17.4 Å². The van der Waals surface area contributed by atoms with Gasteiger partial charge in [-0.1, -0.05) is 17.7 Å². The van der Waals surface area contributed by atoms with Crippen molar-refractivity contribution in [3.8, 4) is 17.2 Å². The van der Waals surface area contributed by atoms with Gasteiger partial charge in [0.25, 0.3) is 0 Å². The van der Waals surface area contributed by atoms with Crippen LogP contribution in [0.4, 0.5) is 8.78 Å². The molecule has 0 N–H and O–H groups in total. The van der Waals surface area contributed by atoms with E-state index in [9.17, 15) is 13.6 Å². The standard InChI is InChI=1S/C20H20ClF2NO4/c1-24(12-14-11-15(21)6-8-16(14)26-2)19(25)9-5-13-4-7-17(28-20(22)23)18(10-13)27-3/h4-11,20H,12H2,1-3H3/b9-5+. The van der Waals surface area contributed by atoms with Crippen LogP contribution in [0.2, 0.25) is 5.02 Å². The summed E-state index contributed by atoms with van der Waals surface area (Å²) in [5.41, 5.74) is 1.37. The number of carbonyl (C=O) groups excluding carboxylic acids is 1. The third-order valence-electron chi connectivity index (χ3n) is 3.85. The smallest absolute Gasteiger partial charge is 0.387 e. The zero-order valence-electron chi connectivity index (χ0n) is 15.6. The van der Waals surface area contributed by atoms with E-state index in [1.165, 1.54) is 30.2 Å². The zero-order chi connectivity index (χ0) is 20.7. The van der Waals surface area contributed by atoms with E-state index in [2.05, 4.69) is 4.74 Å². The van der Waals surface area contributed by atoms with Crippen molar-refractivity contribution < 1.29 is 27.8 Å². The van der Waals surface area contributed by atoms with Gasteiger partial charge in [-0.25, -0.2) is 0 Å². The van der Waals surface area contributed by atoms with Gasteiger partial charge < -0.3 is 19.1 Å². The molecule has 0 aliphatic carbocycles. The molecular formula is C20H20ClF2NO4. The Kier molecular flexibility index (Phi) is 7.63. The average molecular weight is 412 g/mol. The molecule has 1 amide bonds. The normalized spacial score (nSPS) is 11.0. The molecule has 0 aliphatic heterocycles. The molecule has 0 heterocycles. The van der Waals surface area contributed by atoms with Gasteiger partial charge in [0.2, 0.25) is 5.91 Å². The SMILES string of the molecule is COc1ccc(Cl)cc1CN(C)C(=O)/C=C/c1ccc(OC(F)F)c(OC)c1. The highest BCUT2D eigenvalue weighted by atomic mass is 35.5. The first-order chi connectivity index (χ1) is 13.3. The Hall–Kier alpha value is -2.80. The Labute approximate surface area is 167 Å². The molecule has 0 saturated carbocycles. The fraction of sp³-hybridized carbons (Fsp3) is 0.250. The number of halogens is 3. The average Bonchev–Trinajstić information content (AvgIpc) is 2.66. The number of methoxy groups -OCH3 is 2. The number of rotatable bonds is 8. The summed E-state index contributed by atoms with van der Waals surface area (Å²) in [4.78, 5) is 13.9. The van der Waals surface area contributed by atoms with Gasteiger partial charge in [0.05, 0.1) is 14.2 Å². The molecule has 150 valence electrons. The Bertz CT molecular complexity index is 858. The predicted octanol–water partition coefficient (Wildman–Crippen LogP) is 4.63. The van der Waals surface area contributed by atoms with Gasteiger partial charge in [-0.05, 0) is 42.0 Å². The fourth-order valence-corrected chi connectivity index (χ4v) is 2.67. The van der Waals surface area contributed by atoms with Crippen LogP contribution in [0.25, 0.3) is 6.08 Å². The lowest BCUT2D eigenvalue weighted by Crippen LogP contribution is -2.24. The summed E-state index contributed by atoms with van der Waals surface area (Å²) in [5.74, 6) is 0.444. The highest BCUT2D eigenvalue weighted by Crippen LogP contribution is 2.30. The Morgan fingerprint density at radius 1 is 1.11 bits per heavy atom. The van der Waals surface area contributed by atoms with Crippen molar-refractivity contribution in [3.63, 3.8) is 0 Å². The van der Waals surface area contributed by atoms with Crippen molar-refractivity contribution in [3.05, 3.63) is 58.6 Å². The Morgan fingerprint density at radius 2 is 1.79 bits per heavy atom. The van der Waals surface area contributed by atoms with Crippen LogP contribution in [0.3, 0.4) is 0 Å². The minimum atomic E-state index is -2.95. The number of hydrogen-bond acceptors (Lipinski definition) is 4. The molecule has 5 nitrogen and oxygen atoms in total. The number of likely N-dealkylation sites (N-methyl/N-ethyl adjacent to an activating group) is 1. The molecular weight excluding hydrogens is 392 g/mol. The summed E-state index contributed by atoms with van der Waals surface area (Å²) < 4.78 is 39.5. The first-order valence-corrected chi connectivity index (χ1v) is 8.60. The van der Waals surface area contributed by atoms with Crippen LogP contribution in [-0.4, -0.2) is 38.7 Å². The summed E-state index contributed by atoms with van der Waals surface area (Å²) in [6.07, 6.45) is 2.93. The van der Waals surface area contributed by atoms with E-state index in [1.54, 1.807) is 44.5 Å². The molecule has 28 heavy (non-hydrogen) atoms. The molecule has 0 unspecified atom stereocenters. The van der Waals surface area contributed by atoms with E-state index in [4.69, 9.17) is 21.1 Å². The van der Waals surface area contributed by atoms with Gasteiger partial charge in [0.15, 0.2) is 11.5 Å². The van der Waals surface area contributed by atoms with Gasteiger partial charge in [-0.15, -0.1) is 0 Å². The predicted molar refractivity (Wildman–Crippen MR) is 103 cm³/mol. The second-order valence-electron chi connectivity index (χ2n) is 5.77. The lowest BCUT2D eigenvalue weighted by Gasteiger charge is -2.17. The molecule has 0 aromatic heterocycles. The fourth-order valence-electron chi connectivity index (χ4n) is 2.48. The van der Waals surface area contributed by atoms with Gasteiger partial charge in [-0.3, -0.25) is 4.79 Å². The van der Waals surface area contributed by atoms with Crippen molar-refractivity contribution >= 4 is 23.6 Å². The van der Waals surface area contributed by atoms with E-state index >= 15 is 0 Å². The molecule has 2 aromatic carbocycles. The first kappa shape index (κ1) is 21.5. The zero-order valence-corrected chi connectivity index (χ0v) is 16.4. The molecule has 8 heteroatoms. The maximum atomic E-state index is 12.4. The van der Waals surface area contributed by atoms with Gasteiger partial charge in [-0.2, -0.15) is 8.78 Å². The van der Waals surface area contributed by atoms with Crippen LogP contribution in [0.15, 0.2) is 42.5 Å². The van der Waals surface area contributed by atoms with E-state index in [0.29, 0.717) is 22.9 Å². The van der Waals surface area contributed by atoms with E-state index in [1.807, 2.05) is 0 Å². The van der Waals surface area contributed by atoms with Gasteiger partial charge >= 0.3 is 6.61 Å².